The molecule has 19 heavy (non-hydrogen) atoms. The van der Waals surface area contributed by atoms with Crippen LogP contribution in [0.5, 0.6) is 5.75 Å². The third-order valence-electron chi connectivity index (χ3n) is 2.51. The fourth-order valence-corrected chi connectivity index (χ4v) is 1.63. The summed E-state index contributed by atoms with van der Waals surface area (Å²) in [7, 11) is 1.66. The number of nitrogens with one attached hydrogen (secondary N) is 1. The predicted molar refractivity (Wildman–Crippen MR) is 66.9 cm³/mol. The van der Waals surface area contributed by atoms with Crippen LogP contribution in [0, 0.1) is 5.82 Å². The van der Waals surface area contributed by atoms with Gasteiger partial charge in [0, 0.05) is 12.1 Å². The highest BCUT2D eigenvalue weighted by molar-refractivity contribution is 5.34. The Hall–Kier alpha value is -2.02. The van der Waals surface area contributed by atoms with Crippen molar-refractivity contribution < 1.29 is 9.13 Å². The minimum atomic E-state index is -0.390. The third-order valence-corrected chi connectivity index (χ3v) is 2.51. The Morgan fingerprint density at radius 1 is 1.42 bits per heavy atom. The van der Waals surface area contributed by atoms with Gasteiger partial charge in [-0.25, -0.2) is 4.39 Å². The quantitative estimate of drug-likeness (QED) is 0.845. The van der Waals surface area contributed by atoms with Crippen molar-refractivity contribution >= 4 is 0 Å². The van der Waals surface area contributed by atoms with E-state index < -0.39 is 0 Å². The summed E-state index contributed by atoms with van der Waals surface area (Å²) in [5, 5.41) is 14.6. The smallest absolute Gasteiger partial charge is 0.212 e. The van der Waals surface area contributed by atoms with E-state index in [1.807, 2.05) is 13.0 Å². The van der Waals surface area contributed by atoms with Crippen molar-refractivity contribution in [3.63, 3.8) is 0 Å². The Bertz CT molecular complexity index is 543. The van der Waals surface area contributed by atoms with Gasteiger partial charge in [0.05, 0.1) is 7.05 Å². The molecular weight excluding hydrogens is 249 g/mol. The standard InChI is InChI=1S/C12H16FN5O/c1-3-14-7-9-5-4-6-10(13)12(9)19-8-11-15-17-18(2)16-11/h4-6,14H,3,7-8H2,1-2H3. The number of hydrogen-bond donors (Lipinski definition) is 1. The normalized spacial score (nSPS) is 10.7. The minimum absolute atomic E-state index is 0.0912. The average molecular weight is 265 g/mol. The van der Waals surface area contributed by atoms with Gasteiger partial charge in [0.25, 0.3) is 0 Å². The molecule has 0 fully saturated rings. The summed E-state index contributed by atoms with van der Waals surface area (Å²) in [4.78, 5) is 1.33. The maximum atomic E-state index is 13.8. The molecule has 0 saturated carbocycles. The molecule has 0 aliphatic rings. The highest BCUT2D eigenvalue weighted by atomic mass is 19.1. The molecule has 2 aromatic rings. The first kappa shape index (κ1) is 13.4. The van der Waals surface area contributed by atoms with Crippen molar-refractivity contribution in [2.45, 2.75) is 20.1 Å². The lowest BCUT2D eigenvalue weighted by Gasteiger charge is -2.11. The molecule has 0 aliphatic heterocycles. The lowest BCUT2D eigenvalue weighted by Crippen LogP contribution is -2.13. The van der Waals surface area contributed by atoms with E-state index in [2.05, 4.69) is 20.7 Å². The second kappa shape index (κ2) is 6.24. The average Bonchev–Trinajstić information content (AvgIpc) is 2.81. The molecule has 2 rings (SSSR count). The van der Waals surface area contributed by atoms with Crippen LogP contribution in [-0.4, -0.2) is 26.8 Å². The first-order chi connectivity index (χ1) is 9.20. The molecule has 1 heterocycles. The van der Waals surface area contributed by atoms with Crippen molar-refractivity contribution in [2.24, 2.45) is 7.05 Å². The second-order valence-corrected chi connectivity index (χ2v) is 3.99. The molecule has 0 spiro atoms. The van der Waals surface area contributed by atoms with E-state index in [0.29, 0.717) is 12.4 Å². The molecule has 7 heteroatoms. The lowest BCUT2D eigenvalue weighted by atomic mass is 10.2. The highest BCUT2D eigenvalue weighted by Crippen LogP contribution is 2.23. The zero-order valence-electron chi connectivity index (χ0n) is 10.9. The van der Waals surface area contributed by atoms with E-state index in [9.17, 15) is 4.39 Å². The van der Waals surface area contributed by atoms with Gasteiger partial charge < -0.3 is 10.1 Å². The number of rotatable bonds is 6. The number of halogens is 1. The first-order valence-corrected chi connectivity index (χ1v) is 6.04. The van der Waals surface area contributed by atoms with Crippen molar-refractivity contribution in [1.29, 1.82) is 0 Å². The number of tetrazole rings is 1. The van der Waals surface area contributed by atoms with Gasteiger partial charge in [0.1, 0.15) is 0 Å². The second-order valence-electron chi connectivity index (χ2n) is 3.99. The fraction of sp³-hybridized carbons (Fsp3) is 0.417. The molecule has 0 atom stereocenters. The molecule has 0 bridgehead atoms. The van der Waals surface area contributed by atoms with E-state index in [0.717, 1.165) is 12.1 Å². The van der Waals surface area contributed by atoms with Crippen molar-refractivity contribution in [2.75, 3.05) is 6.54 Å². The topological polar surface area (TPSA) is 64.9 Å². The maximum Gasteiger partial charge on any atom is 0.212 e. The Morgan fingerprint density at radius 3 is 2.95 bits per heavy atom. The number of nitrogens with zero attached hydrogens (tertiary/aromatic N) is 4. The van der Waals surface area contributed by atoms with Gasteiger partial charge in [-0.1, -0.05) is 19.1 Å². The van der Waals surface area contributed by atoms with Crippen LogP contribution in [0.1, 0.15) is 18.3 Å². The fourth-order valence-electron chi connectivity index (χ4n) is 1.63. The molecule has 0 unspecified atom stereocenters. The van der Waals surface area contributed by atoms with Crippen LogP contribution < -0.4 is 10.1 Å². The van der Waals surface area contributed by atoms with Gasteiger partial charge in [0.15, 0.2) is 18.2 Å². The Morgan fingerprint density at radius 2 is 2.26 bits per heavy atom. The molecule has 102 valence electrons. The molecule has 0 amide bonds. The molecule has 1 aromatic heterocycles. The Labute approximate surface area is 110 Å². The monoisotopic (exact) mass is 265 g/mol. The molecule has 0 saturated heterocycles. The number of ether oxygens (including phenoxy) is 1. The van der Waals surface area contributed by atoms with Crippen LogP contribution >= 0.6 is 0 Å². The number of para-hydroxylation sites is 1. The summed E-state index contributed by atoms with van der Waals surface area (Å²) in [6.45, 7) is 3.44. The summed E-state index contributed by atoms with van der Waals surface area (Å²) >= 11 is 0. The number of aromatic nitrogens is 4. The van der Waals surface area contributed by atoms with Crippen LogP contribution in [0.4, 0.5) is 4.39 Å². The molecule has 0 aliphatic carbocycles. The molecular formula is C12H16FN5O. The largest absolute Gasteiger partial charge is 0.482 e. The van der Waals surface area contributed by atoms with E-state index in [1.54, 1.807) is 13.1 Å². The van der Waals surface area contributed by atoms with E-state index in [-0.39, 0.29) is 18.2 Å². The highest BCUT2D eigenvalue weighted by Gasteiger charge is 2.11. The number of hydrogen-bond acceptors (Lipinski definition) is 5. The Kier molecular flexibility index (Phi) is 4.40. The lowest BCUT2D eigenvalue weighted by molar-refractivity contribution is 0.276. The first-order valence-electron chi connectivity index (χ1n) is 6.04. The van der Waals surface area contributed by atoms with Gasteiger partial charge in [-0.05, 0) is 17.8 Å². The zero-order valence-corrected chi connectivity index (χ0v) is 10.9. The summed E-state index contributed by atoms with van der Waals surface area (Å²) in [6.07, 6.45) is 0. The van der Waals surface area contributed by atoms with Crippen LogP contribution in [0.3, 0.4) is 0 Å². The zero-order chi connectivity index (χ0) is 13.7. The molecule has 6 nitrogen and oxygen atoms in total. The minimum Gasteiger partial charge on any atom is -0.482 e. The summed E-state index contributed by atoms with van der Waals surface area (Å²) in [5.74, 6) is 0.260. The van der Waals surface area contributed by atoms with Gasteiger partial charge >= 0.3 is 0 Å². The van der Waals surface area contributed by atoms with E-state index in [1.165, 1.54) is 10.9 Å². The molecule has 0 radical (unpaired) electrons. The summed E-state index contributed by atoms with van der Waals surface area (Å²) < 4.78 is 19.2. The van der Waals surface area contributed by atoms with Crippen LogP contribution in [-0.2, 0) is 20.2 Å². The van der Waals surface area contributed by atoms with Crippen molar-refractivity contribution in [3.05, 3.63) is 35.4 Å². The number of benzene rings is 1. The van der Waals surface area contributed by atoms with Crippen molar-refractivity contribution in [1.82, 2.24) is 25.5 Å². The van der Waals surface area contributed by atoms with Crippen LogP contribution in [0.15, 0.2) is 18.2 Å². The Balaban J connectivity index is 2.09. The predicted octanol–water partition coefficient (Wildman–Crippen LogP) is 1.04. The van der Waals surface area contributed by atoms with Gasteiger partial charge in [0.2, 0.25) is 5.82 Å². The van der Waals surface area contributed by atoms with Crippen LogP contribution in [0.2, 0.25) is 0 Å². The summed E-state index contributed by atoms with van der Waals surface area (Å²) in [6, 6.07) is 4.86. The summed E-state index contributed by atoms with van der Waals surface area (Å²) in [5.41, 5.74) is 0.769. The van der Waals surface area contributed by atoms with Crippen molar-refractivity contribution in [3.8, 4) is 5.75 Å². The van der Waals surface area contributed by atoms with E-state index >= 15 is 0 Å². The number of aryl methyl sites for hydroxylation is 1. The molecule has 1 aromatic carbocycles. The SMILES string of the molecule is CCNCc1cccc(F)c1OCc1nnn(C)n1. The van der Waals surface area contributed by atoms with Crippen LogP contribution in [0.25, 0.3) is 0 Å². The molecule has 1 N–H and O–H groups in total. The van der Waals surface area contributed by atoms with Gasteiger partial charge in [-0.3, -0.25) is 0 Å². The van der Waals surface area contributed by atoms with E-state index in [4.69, 9.17) is 4.74 Å². The maximum absolute atomic E-state index is 13.8. The van der Waals surface area contributed by atoms with Gasteiger partial charge in [-0.15, -0.1) is 10.2 Å². The van der Waals surface area contributed by atoms with Gasteiger partial charge in [-0.2, -0.15) is 4.80 Å². The third kappa shape index (κ3) is 3.47.